The molecule has 0 unspecified atom stereocenters. The van der Waals surface area contributed by atoms with E-state index in [2.05, 4.69) is 26.2 Å². The summed E-state index contributed by atoms with van der Waals surface area (Å²) in [5, 5.41) is 10.3. The van der Waals surface area contributed by atoms with Crippen molar-refractivity contribution in [1.29, 1.82) is 0 Å². The van der Waals surface area contributed by atoms with Gasteiger partial charge in [-0.2, -0.15) is 0 Å². The normalized spacial score (nSPS) is 22.5. The molecule has 1 saturated carbocycles. The fourth-order valence-electron chi connectivity index (χ4n) is 4.13. The van der Waals surface area contributed by atoms with Crippen molar-refractivity contribution in [3.63, 3.8) is 0 Å². The molecule has 6 nitrogen and oxygen atoms in total. The lowest BCUT2D eigenvalue weighted by Gasteiger charge is -2.31. The lowest BCUT2D eigenvalue weighted by atomic mass is 9.84. The van der Waals surface area contributed by atoms with Crippen LogP contribution in [0.2, 0.25) is 0 Å². The number of furan rings is 1. The number of aromatic nitrogens is 3. The van der Waals surface area contributed by atoms with E-state index in [0.717, 1.165) is 53.9 Å². The number of fused-ring (bicyclic) bond motifs is 3. The third kappa shape index (κ3) is 2.84. The SMILES string of the molecule is C=NCCC1CCC(n2c([C@@H](C)O)nc3cnc4ccoc4c32)CC1. The summed E-state index contributed by atoms with van der Waals surface area (Å²) < 4.78 is 7.91. The summed E-state index contributed by atoms with van der Waals surface area (Å²) in [6.07, 6.45) is 8.44. The van der Waals surface area contributed by atoms with Crippen LogP contribution in [0.15, 0.2) is 27.9 Å². The maximum atomic E-state index is 10.3. The molecule has 0 amide bonds. The monoisotopic (exact) mass is 340 g/mol. The van der Waals surface area contributed by atoms with Gasteiger partial charge in [-0.1, -0.05) is 0 Å². The molecule has 0 aliphatic heterocycles. The zero-order valence-corrected chi connectivity index (χ0v) is 14.6. The number of nitrogens with zero attached hydrogens (tertiary/aromatic N) is 4. The average molecular weight is 340 g/mol. The Kier molecular flexibility index (Phi) is 4.29. The lowest BCUT2D eigenvalue weighted by Crippen LogP contribution is -2.21. The molecule has 1 aliphatic carbocycles. The summed E-state index contributed by atoms with van der Waals surface area (Å²) in [4.78, 5) is 13.0. The van der Waals surface area contributed by atoms with Gasteiger partial charge in [0.2, 0.25) is 0 Å². The quantitative estimate of drug-likeness (QED) is 0.711. The maximum absolute atomic E-state index is 10.3. The van der Waals surface area contributed by atoms with Crippen LogP contribution in [-0.4, -0.2) is 32.9 Å². The van der Waals surface area contributed by atoms with Gasteiger partial charge in [0.05, 0.1) is 12.5 Å². The molecule has 25 heavy (non-hydrogen) atoms. The Morgan fingerprint density at radius 1 is 1.36 bits per heavy atom. The van der Waals surface area contributed by atoms with E-state index >= 15 is 0 Å². The Morgan fingerprint density at radius 2 is 2.16 bits per heavy atom. The molecule has 0 bridgehead atoms. The van der Waals surface area contributed by atoms with Crippen LogP contribution >= 0.6 is 0 Å². The predicted octanol–water partition coefficient (Wildman–Crippen LogP) is 4.05. The highest BCUT2D eigenvalue weighted by Crippen LogP contribution is 2.39. The van der Waals surface area contributed by atoms with Gasteiger partial charge in [0, 0.05) is 18.7 Å². The van der Waals surface area contributed by atoms with E-state index in [-0.39, 0.29) is 0 Å². The topological polar surface area (TPSA) is 76.4 Å². The van der Waals surface area contributed by atoms with E-state index in [4.69, 9.17) is 4.42 Å². The van der Waals surface area contributed by atoms with Crippen LogP contribution < -0.4 is 0 Å². The first kappa shape index (κ1) is 16.3. The van der Waals surface area contributed by atoms with Crippen LogP contribution in [0, 0.1) is 5.92 Å². The third-order valence-electron chi connectivity index (χ3n) is 5.40. The molecule has 4 rings (SSSR count). The molecule has 0 saturated heterocycles. The smallest absolute Gasteiger partial charge is 0.178 e. The van der Waals surface area contributed by atoms with E-state index in [9.17, 15) is 5.11 Å². The standard InChI is InChI=1S/C19H24N4O2/c1-12(24)19-22-16-11-21-15-8-10-25-18(15)17(16)23(19)14-5-3-13(4-6-14)7-9-20-2/h8,10-14,24H,2-7,9H2,1H3/t12-,13?,14?/m1/s1. The van der Waals surface area contributed by atoms with Crippen LogP contribution in [0.3, 0.4) is 0 Å². The lowest BCUT2D eigenvalue weighted by molar-refractivity contribution is 0.174. The molecule has 132 valence electrons. The van der Waals surface area contributed by atoms with Crippen molar-refractivity contribution in [2.24, 2.45) is 10.9 Å². The summed E-state index contributed by atoms with van der Waals surface area (Å²) in [6.45, 7) is 6.20. The first-order chi connectivity index (χ1) is 12.2. The van der Waals surface area contributed by atoms with Gasteiger partial charge in [0.25, 0.3) is 0 Å². The van der Waals surface area contributed by atoms with Crippen molar-refractivity contribution >= 4 is 28.9 Å². The highest BCUT2D eigenvalue weighted by Gasteiger charge is 2.28. The number of rotatable bonds is 5. The first-order valence-corrected chi connectivity index (χ1v) is 9.03. The average Bonchev–Trinajstić information content (AvgIpc) is 3.24. The van der Waals surface area contributed by atoms with Gasteiger partial charge in [-0.05, 0) is 51.7 Å². The highest BCUT2D eigenvalue weighted by atomic mass is 16.3. The van der Waals surface area contributed by atoms with Crippen LogP contribution in [0.5, 0.6) is 0 Å². The van der Waals surface area contributed by atoms with Crippen LogP contribution in [0.4, 0.5) is 0 Å². The molecule has 3 heterocycles. The van der Waals surface area contributed by atoms with E-state index in [1.165, 1.54) is 12.8 Å². The molecule has 6 heteroatoms. The zero-order chi connectivity index (χ0) is 17.4. The van der Waals surface area contributed by atoms with Crippen LogP contribution in [0.1, 0.15) is 57.0 Å². The molecular formula is C19H24N4O2. The molecule has 1 fully saturated rings. The Bertz CT molecular complexity index is 887. The number of pyridine rings is 1. The van der Waals surface area contributed by atoms with Gasteiger partial charge in [0.15, 0.2) is 5.58 Å². The Labute approximate surface area is 146 Å². The zero-order valence-electron chi connectivity index (χ0n) is 14.6. The second kappa shape index (κ2) is 6.59. The van der Waals surface area contributed by atoms with Crippen molar-refractivity contribution in [3.05, 3.63) is 24.4 Å². The number of hydrogen-bond donors (Lipinski definition) is 1. The molecule has 1 aliphatic rings. The van der Waals surface area contributed by atoms with Crippen molar-refractivity contribution in [1.82, 2.24) is 14.5 Å². The summed E-state index contributed by atoms with van der Waals surface area (Å²) in [5.41, 5.74) is 3.34. The van der Waals surface area contributed by atoms with E-state index < -0.39 is 6.10 Å². The highest BCUT2D eigenvalue weighted by molar-refractivity contribution is 5.98. The van der Waals surface area contributed by atoms with E-state index in [1.54, 1.807) is 19.4 Å². The van der Waals surface area contributed by atoms with Gasteiger partial charge >= 0.3 is 0 Å². The van der Waals surface area contributed by atoms with Gasteiger partial charge < -0.3 is 19.1 Å². The molecule has 3 aromatic rings. The van der Waals surface area contributed by atoms with E-state index in [0.29, 0.717) is 11.9 Å². The Balaban J connectivity index is 1.74. The molecule has 1 N–H and O–H groups in total. The van der Waals surface area contributed by atoms with Crippen molar-refractivity contribution in [3.8, 4) is 0 Å². The third-order valence-corrected chi connectivity index (χ3v) is 5.40. The molecular weight excluding hydrogens is 316 g/mol. The largest absolute Gasteiger partial charge is 0.460 e. The van der Waals surface area contributed by atoms with Gasteiger partial charge in [-0.25, -0.2) is 4.98 Å². The summed E-state index contributed by atoms with van der Waals surface area (Å²) in [5.74, 6) is 1.42. The summed E-state index contributed by atoms with van der Waals surface area (Å²) in [7, 11) is 0. The van der Waals surface area contributed by atoms with Crippen LogP contribution in [-0.2, 0) is 0 Å². The van der Waals surface area contributed by atoms with E-state index in [1.807, 2.05) is 6.07 Å². The minimum atomic E-state index is -0.625. The number of aliphatic hydroxyl groups excluding tert-OH is 1. The van der Waals surface area contributed by atoms with Gasteiger partial charge in [-0.15, -0.1) is 0 Å². The van der Waals surface area contributed by atoms with Crippen molar-refractivity contribution in [2.45, 2.75) is 51.2 Å². The first-order valence-electron chi connectivity index (χ1n) is 9.03. The second-order valence-electron chi connectivity index (χ2n) is 7.05. The Morgan fingerprint density at radius 3 is 2.88 bits per heavy atom. The number of imidazole rings is 1. The fourth-order valence-corrected chi connectivity index (χ4v) is 4.13. The molecule has 3 aromatic heterocycles. The number of aliphatic hydroxyl groups is 1. The molecule has 0 spiro atoms. The van der Waals surface area contributed by atoms with Gasteiger partial charge in [0.1, 0.15) is 28.5 Å². The minimum absolute atomic E-state index is 0.332. The minimum Gasteiger partial charge on any atom is -0.460 e. The van der Waals surface area contributed by atoms with Crippen molar-refractivity contribution < 1.29 is 9.52 Å². The molecule has 0 aromatic carbocycles. The molecule has 0 radical (unpaired) electrons. The summed E-state index contributed by atoms with van der Waals surface area (Å²) >= 11 is 0. The fraction of sp³-hybridized carbons (Fsp3) is 0.526. The van der Waals surface area contributed by atoms with Crippen molar-refractivity contribution in [2.75, 3.05) is 6.54 Å². The number of aliphatic imine (C=N–C) groups is 1. The second-order valence-corrected chi connectivity index (χ2v) is 7.05. The Hall–Kier alpha value is -2.21. The predicted molar refractivity (Wildman–Crippen MR) is 98.0 cm³/mol. The van der Waals surface area contributed by atoms with Crippen LogP contribution in [0.25, 0.3) is 22.1 Å². The molecule has 1 atom stereocenters. The summed E-state index contributed by atoms with van der Waals surface area (Å²) in [6, 6.07) is 2.20. The number of hydrogen-bond acceptors (Lipinski definition) is 5. The maximum Gasteiger partial charge on any atom is 0.178 e. The van der Waals surface area contributed by atoms with Gasteiger partial charge in [-0.3, -0.25) is 4.98 Å².